The maximum Gasteiger partial charge on any atom is 0.410 e. The highest BCUT2D eigenvalue weighted by Gasteiger charge is 2.12. The van der Waals surface area contributed by atoms with E-state index in [4.69, 9.17) is 33.0 Å². The molecule has 2 N–H and O–H groups in total. The number of carboxylic acid groups (broad SMARTS) is 1. The SMILES string of the molecule is CC(Oc1ccc2nc(NC(=O)O)sc2c1)c1cc(Cl)nc(Cl)c1. The molecule has 1 amide bonds. The van der Waals surface area contributed by atoms with Crippen molar-refractivity contribution < 1.29 is 14.6 Å². The van der Waals surface area contributed by atoms with Crippen molar-refractivity contribution in [3.8, 4) is 5.75 Å². The summed E-state index contributed by atoms with van der Waals surface area (Å²) in [7, 11) is 0. The minimum Gasteiger partial charge on any atom is -0.486 e. The number of rotatable bonds is 4. The third kappa shape index (κ3) is 3.87. The van der Waals surface area contributed by atoms with Crippen LogP contribution in [0.25, 0.3) is 10.2 Å². The summed E-state index contributed by atoms with van der Waals surface area (Å²) in [5.74, 6) is 0.629. The van der Waals surface area contributed by atoms with E-state index < -0.39 is 6.09 Å². The summed E-state index contributed by atoms with van der Waals surface area (Å²) in [6, 6.07) is 8.73. The molecule has 2 aromatic heterocycles. The second-order valence-electron chi connectivity index (χ2n) is 4.88. The van der Waals surface area contributed by atoms with Gasteiger partial charge in [-0.15, -0.1) is 0 Å². The number of hydrogen-bond donors (Lipinski definition) is 2. The first kappa shape index (κ1) is 16.8. The molecule has 124 valence electrons. The number of fused-ring (bicyclic) bond motifs is 1. The molecule has 0 aliphatic carbocycles. The van der Waals surface area contributed by atoms with Crippen molar-refractivity contribution in [1.29, 1.82) is 0 Å². The van der Waals surface area contributed by atoms with Crippen LogP contribution in [-0.4, -0.2) is 21.2 Å². The largest absolute Gasteiger partial charge is 0.486 e. The van der Waals surface area contributed by atoms with Gasteiger partial charge in [-0.05, 0) is 42.8 Å². The lowest BCUT2D eigenvalue weighted by molar-refractivity contribution is 0.209. The van der Waals surface area contributed by atoms with Crippen LogP contribution in [0.3, 0.4) is 0 Å². The minimum absolute atomic E-state index is 0.287. The minimum atomic E-state index is -1.15. The summed E-state index contributed by atoms with van der Waals surface area (Å²) in [5.41, 5.74) is 1.50. The Kier molecular flexibility index (Phi) is 4.75. The molecule has 0 aliphatic heterocycles. The van der Waals surface area contributed by atoms with Crippen molar-refractivity contribution in [2.45, 2.75) is 13.0 Å². The fourth-order valence-corrected chi connectivity index (χ4v) is 3.47. The maximum atomic E-state index is 10.7. The van der Waals surface area contributed by atoms with E-state index in [1.165, 1.54) is 11.3 Å². The van der Waals surface area contributed by atoms with Crippen molar-refractivity contribution in [3.63, 3.8) is 0 Å². The van der Waals surface area contributed by atoms with Crippen LogP contribution in [0.5, 0.6) is 5.75 Å². The molecule has 0 spiro atoms. The number of amides is 1. The smallest absolute Gasteiger partial charge is 0.410 e. The molecule has 1 atom stereocenters. The van der Waals surface area contributed by atoms with Gasteiger partial charge in [-0.25, -0.2) is 14.8 Å². The van der Waals surface area contributed by atoms with Gasteiger partial charge in [-0.1, -0.05) is 34.5 Å². The van der Waals surface area contributed by atoms with Crippen LogP contribution in [0.1, 0.15) is 18.6 Å². The number of hydrogen-bond acceptors (Lipinski definition) is 5. The van der Waals surface area contributed by atoms with Crippen LogP contribution in [-0.2, 0) is 0 Å². The van der Waals surface area contributed by atoms with Gasteiger partial charge in [0.15, 0.2) is 5.13 Å². The van der Waals surface area contributed by atoms with Gasteiger partial charge in [-0.3, -0.25) is 5.32 Å². The number of halogens is 2. The third-order valence-corrected chi connectivity index (χ3v) is 4.46. The van der Waals surface area contributed by atoms with Crippen molar-refractivity contribution in [2.75, 3.05) is 5.32 Å². The van der Waals surface area contributed by atoms with Crippen molar-refractivity contribution >= 4 is 56.0 Å². The van der Waals surface area contributed by atoms with Gasteiger partial charge in [0.1, 0.15) is 22.2 Å². The Morgan fingerprint density at radius 3 is 2.62 bits per heavy atom. The molecule has 0 aliphatic rings. The molecular weight excluding hydrogens is 373 g/mol. The molecule has 0 bridgehead atoms. The number of thiazole rings is 1. The van der Waals surface area contributed by atoms with E-state index in [-0.39, 0.29) is 6.10 Å². The number of pyridine rings is 1. The molecule has 3 rings (SSSR count). The van der Waals surface area contributed by atoms with E-state index in [1.807, 2.05) is 6.92 Å². The zero-order valence-electron chi connectivity index (χ0n) is 12.3. The molecule has 6 nitrogen and oxygen atoms in total. The number of nitrogens with one attached hydrogen (secondary N) is 1. The highest BCUT2D eigenvalue weighted by atomic mass is 35.5. The summed E-state index contributed by atoms with van der Waals surface area (Å²) < 4.78 is 6.72. The number of nitrogens with zero attached hydrogens (tertiary/aromatic N) is 2. The number of aromatic nitrogens is 2. The summed E-state index contributed by atoms with van der Waals surface area (Å²) in [6.45, 7) is 1.87. The van der Waals surface area contributed by atoms with Crippen molar-refractivity contribution in [3.05, 3.63) is 46.2 Å². The molecule has 0 radical (unpaired) electrons. The van der Waals surface area contributed by atoms with Crippen LogP contribution in [0, 0.1) is 0 Å². The van der Waals surface area contributed by atoms with E-state index in [0.29, 0.717) is 26.7 Å². The molecule has 2 heterocycles. The van der Waals surface area contributed by atoms with Gasteiger partial charge in [0.05, 0.1) is 10.2 Å². The summed E-state index contributed by atoms with van der Waals surface area (Å²) in [6.07, 6.45) is -1.43. The van der Waals surface area contributed by atoms with Gasteiger partial charge >= 0.3 is 6.09 Å². The standard InChI is InChI=1S/C15H11Cl2N3O3S/c1-7(8-4-12(16)19-13(17)5-8)23-9-2-3-10-11(6-9)24-14(18-10)20-15(21)22/h2-7H,1H3,(H,18,20)(H,21,22). The quantitative estimate of drug-likeness (QED) is 0.602. The van der Waals surface area contributed by atoms with Crippen LogP contribution in [0.2, 0.25) is 10.3 Å². The number of anilines is 1. The molecule has 0 saturated heterocycles. The Morgan fingerprint density at radius 2 is 1.96 bits per heavy atom. The maximum absolute atomic E-state index is 10.7. The lowest BCUT2D eigenvalue weighted by Crippen LogP contribution is -2.06. The predicted octanol–water partition coefficient (Wildman–Crippen LogP) is 5.23. The van der Waals surface area contributed by atoms with Gasteiger partial charge in [0.2, 0.25) is 0 Å². The lowest BCUT2D eigenvalue weighted by atomic mass is 10.2. The van der Waals surface area contributed by atoms with E-state index in [0.717, 1.165) is 10.3 Å². The van der Waals surface area contributed by atoms with Gasteiger partial charge in [0.25, 0.3) is 0 Å². The predicted molar refractivity (Wildman–Crippen MR) is 94.6 cm³/mol. The Balaban J connectivity index is 1.82. The molecule has 0 saturated carbocycles. The number of benzene rings is 1. The second-order valence-corrected chi connectivity index (χ2v) is 6.69. The van der Waals surface area contributed by atoms with Crippen LogP contribution >= 0.6 is 34.5 Å². The normalized spacial score (nSPS) is 12.1. The van der Waals surface area contributed by atoms with Gasteiger partial charge in [-0.2, -0.15) is 0 Å². The number of ether oxygens (including phenoxy) is 1. The Bertz CT molecular complexity index is 896. The summed E-state index contributed by atoms with van der Waals surface area (Å²) in [5, 5.41) is 11.9. The Hall–Kier alpha value is -2.09. The molecule has 24 heavy (non-hydrogen) atoms. The fourth-order valence-electron chi connectivity index (χ4n) is 2.11. The lowest BCUT2D eigenvalue weighted by Gasteiger charge is -2.15. The van der Waals surface area contributed by atoms with Crippen LogP contribution in [0.4, 0.5) is 9.93 Å². The third-order valence-electron chi connectivity index (χ3n) is 3.14. The Labute approximate surface area is 151 Å². The molecular formula is C15H11Cl2N3O3S. The van der Waals surface area contributed by atoms with Crippen LogP contribution in [0.15, 0.2) is 30.3 Å². The zero-order valence-corrected chi connectivity index (χ0v) is 14.6. The van der Waals surface area contributed by atoms with E-state index in [2.05, 4.69) is 15.3 Å². The molecule has 9 heteroatoms. The molecule has 0 fully saturated rings. The fraction of sp³-hybridized carbons (Fsp3) is 0.133. The van der Waals surface area contributed by atoms with E-state index in [1.54, 1.807) is 30.3 Å². The van der Waals surface area contributed by atoms with Crippen molar-refractivity contribution in [1.82, 2.24) is 9.97 Å². The van der Waals surface area contributed by atoms with Gasteiger partial charge < -0.3 is 9.84 Å². The monoisotopic (exact) mass is 383 g/mol. The summed E-state index contributed by atoms with van der Waals surface area (Å²) >= 11 is 13.0. The highest BCUT2D eigenvalue weighted by molar-refractivity contribution is 7.22. The molecule has 3 aromatic rings. The summed E-state index contributed by atoms with van der Waals surface area (Å²) in [4.78, 5) is 18.8. The number of carbonyl (C=O) groups is 1. The highest BCUT2D eigenvalue weighted by Crippen LogP contribution is 2.31. The van der Waals surface area contributed by atoms with E-state index >= 15 is 0 Å². The van der Waals surface area contributed by atoms with Crippen LogP contribution < -0.4 is 10.1 Å². The van der Waals surface area contributed by atoms with E-state index in [9.17, 15) is 4.79 Å². The first-order valence-electron chi connectivity index (χ1n) is 6.81. The zero-order chi connectivity index (χ0) is 17.3. The Morgan fingerprint density at radius 1 is 1.25 bits per heavy atom. The second kappa shape index (κ2) is 6.80. The first-order chi connectivity index (χ1) is 11.4. The first-order valence-corrected chi connectivity index (χ1v) is 8.38. The molecule has 1 unspecified atom stereocenters. The van der Waals surface area contributed by atoms with Gasteiger partial charge in [0, 0.05) is 0 Å². The average Bonchev–Trinajstić information content (AvgIpc) is 2.86. The average molecular weight is 384 g/mol. The molecule has 1 aromatic carbocycles. The topological polar surface area (TPSA) is 84.3 Å². The van der Waals surface area contributed by atoms with Crippen molar-refractivity contribution in [2.24, 2.45) is 0 Å².